The molecule has 1 aromatic rings. The van der Waals surface area contributed by atoms with Crippen LogP contribution in [0.15, 0.2) is 23.1 Å². The van der Waals surface area contributed by atoms with Gasteiger partial charge >= 0.3 is 0 Å². The fourth-order valence-electron chi connectivity index (χ4n) is 2.08. The van der Waals surface area contributed by atoms with Crippen LogP contribution in [0.25, 0.3) is 0 Å². The fourth-order valence-corrected chi connectivity index (χ4v) is 3.15. The van der Waals surface area contributed by atoms with Gasteiger partial charge in [0, 0.05) is 11.6 Å². The van der Waals surface area contributed by atoms with E-state index in [0.717, 1.165) is 12.5 Å². The Morgan fingerprint density at radius 1 is 1.43 bits per heavy atom. The standard InChI is InChI=1S/C15H23ClN2O4S/c1-10(5-4-8-15(2,3)20)18-14(19)11-6-7-12(16)13(9-11)23(17,21)22/h6-7,9-10,20H,4-5,8H2,1-3H3,(H,18,19)(H2,17,21,22)/t10-/m1/s1. The van der Waals surface area contributed by atoms with Gasteiger partial charge in [0.1, 0.15) is 4.90 Å². The van der Waals surface area contributed by atoms with Crippen LogP contribution in [0.1, 0.15) is 50.4 Å². The number of aliphatic hydroxyl groups is 1. The Morgan fingerprint density at radius 2 is 2.04 bits per heavy atom. The van der Waals surface area contributed by atoms with E-state index in [-0.39, 0.29) is 21.5 Å². The van der Waals surface area contributed by atoms with E-state index >= 15 is 0 Å². The molecule has 0 aliphatic carbocycles. The number of amides is 1. The molecule has 1 rings (SSSR count). The Labute approximate surface area is 142 Å². The molecule has 0 aliphatic rings. The molecule has 130 valence electrons. The van der Waals surface area contributed by atoms with Crippen LogP contribution >= 0.6 is 11.6 Å². The summed E-state index contributed by atoms with van der Waals surface area (Å²) in [5.41, 5.74) is -0.558. The number of primary sulfonamides is 1. The minimum atomic E-state index is -3.99. The average molecular weight is 363 g/mol. The van der Waals surface area contributed by atoms with Crippen molar-refractivity contribution in [2.45, 2.75) is 56.6 Å². The molecule has 0 aliphatic heterocycles. The summed E-state index contributed by atoms with van der Waals surface area (Å²) in [6.45, 7) is 5.32. The zero-order valence-corrected chi connectivity index (χ0v) is 15.0. The van der Waals surface area contributed by atoms with Gasteiger partial charge in [-0.05, 0) is 58.2 Å². The number of nitrogens with two attached hydrogens (primary N) is 1. The number of halogens is 1. The van der Waals surface area contributed by atoms with E-state index in [9.17, 15) is 18.3 Å². The molecule has 0 bridgehead atoms. The number of carbonyl (C=O) groups excluding carboxylic acids is 1. The first-order valence-corrected chi connectivity index (χ1v) is 9.18. The molecule has 1 amide bonds. The zero-order chi connectivity index (χ0) is 17.8. The van der Waals surface area contributed by atoms with E-state index in [1.54, 1.807) is 13.8 Å². The Balaban J connectivity index is 2.72. The maximum Gasteiger partial charge on any atom is 0.251 e. The van der Waals surface area contributed by atoms with Gasteiger partial charge < -0.3 is 10.4 Å². The summed E-state index contributed by atoms with van der Waals surface area (Å²) in [6, 6.07) is 3.82. The molecule has 23 heavy (non-hydrogen) atoms. The summed E-state index contributed by atoms with van der Waals surface area (Å²) in [5, 5.41) is 17.5. The van der Waals surface area contributed by atoms with Crippen molar-refractivity contribution < 1.29 is 18.3 Å². The molecule has 0 heterocycles. The van der Waals surface area contributed by atoms with Gasteiger partial charge in [-0.25, -0.2) is 13.6 Å². The molecule has 0 saturated carbocycles. The molecule has 6 nitrogen and oxygen atoms in total. The predicted molar refractivity (Wildman–Crippen MR) is 89.9 cm³/mol. The van der Waals surface area contributed by atoms with Crippen molar-refractivity contribution in [1.29, 1.82) is 0 Å². The van der Waals surface area contributed by atoms with Gasteiger partial charge in [-0.3, -0.25) is 4.79 Å². The molecule has 1 atom stereocenters. The highest BCUT2D eigenvalue weighted by molar-refractivity contribution is 7.89. The molecule has 0 unspecified atom stereocenters. The normalized spacial score (nSPS) is 13.7. The number of sulfonamides is 1. The molecular weight excluding hydrogens is 340 g/mol. The lowest BCUT2D eigenvalue weighted by Gasteiger charge is -2.19. The highest BCUT2D eigenvalue weighted by atomic mass is 35.5. The SMILES string of the molecule is C[C@H](CCCC(C)(C)O)NC(=O)c1ccc(Cl)c(S(N)(=O)=O)c1. The van der Waals surface area contributed by atoms with Crippen molar-refractivity contribution in [3.63, 3.8) is 0 Å². The quantitative estimate of drug-likeness (QED) is 0.689. The van der Waals surface area contributed by atoms with Crippen molar-refractivity contribution in [1.82, 2.24) is 5.32 Å². The van der Waals surface area contributed by atoms with Gasteiger partial charge in [0.15, 0.2) is 0 Å². The predicted octanol–water partition coefficient (Wildman–Crippen LogP) is 2.05. The molecule has 0 fully saturated rings. The number of hydrogen-bond donors (Lipinski definition) is 3. The maximum absolute atomic E-state index is 12.2. The van der Waals surface area contributed by atoms with Crippen LogP contribution in [0.2, 0.25) is 5.02 Å². The summed E-state index contributed by atoms with van der Waals surface area (Å²) in [6.07, 6.45) is 2.09. The van der Waals surface area contributed by atoms with E-state index in [2.05, 4.69) is 5.32 Å². The third kappa shape index (κ3) is 6.87. The lowest BCUT2D eigenvalue weighted by molar-refractivity contribution is 0.0674. The third-order valence-corrected chi connectivity index (χ3v) is 4.70. The summed E-state index contributed by atoms with van der Waals surface area (Å²) in [5.74, 6) is -0.401. The number of carbonyl (C=O) groups is 1. The Kier molecular flexibility index (Phi) is 6.59. The number of rotatable bonds is 7. The van der Waals surface area contributed by atoms with Crippen LogP contribution in [0.5, 0.6) is 0 Å². The van der Waals surface area contributed by atoms with Gasteiger partial charge in [0.25, 0.3) is 5.91 Å². The van der Waals surface area contributed by atoms with Crippen LogP contribution in [-0.4, -0.2) is 31.1 Å². The Hall–Kier alpha value is -1.15. The monoisotopic (exact) mass is 362 g/mol. The lowest BCUT2D eigenvalue weighted by atomic mass is 9.99. The second kappa shape index (κ2) is 7.61. The molecule has 0 radical (unpaired) electrons. The topological polar surface area (TPSA) is 109 Å². The molecule has 0 aromatic heterocycles. The molecule has 4 N–H and O–H groups in total. The van der Waals surface area contributed by atoms with Crippen LogP contribution < -0.4 is 10.5 Å². The minimum absolute atomic E-state index is 0.0257. The van der Waals surface area contributed by atoms with E-state index in [1.807, 2.05) is 6.92 Å². The zero-order valence-electron chi connectivity index (χ0n) is 13.5. The number of hydrogen-bond acceptors (Lipinski definition) is 4. The molecule has 0 spiro atoms. The van der Waals surface area contributed by atoms with Crippen LogP contribution in [0, 0.1) is 0 Å². The first-order valence-electron chi connectivity index (χ1n) is 7.26. The Bertz CT molecular complexity index is 669. The van der Waals surface area contributed by atoms with Crippen molar-refractivity contribution >= 4 is 27.5 Å². The smallest absolute Gasteiger partial charge is 0.251 e. The van der Waals surface area contributed by atoms with Gasteiger partial charge in [0.05, 0.1) is 10.6 Å². The molecular formula is C15H23ClN2O4S. The van der Waals surface area contributed by atoms with Crippen molar-refractivity contribution in [2.24, 2.45) is 5.14 Å². The van der Waals surface area contributed by atoms with Crippen LogP contribution in [0.3, 0.4) is 0 Å². The number of nitrogens with one attached hydrogen (secondary N) is 1. The fraction of sp³-hybridized carbons (Fsp3) is 0.533. The van der Waals surface area contributed by atoms with Crippen molar-refractivity contribution in [3.05, 3.63) is 28.8 Å². The summed E-state index contributed by atoms with van der Waals surface area (Å²) >= 11 is 5.79. The average Bonchev–Trinajstić information content (AvgIpc) is 2.35. The maximum atomic E-state index is 12.2. The Morgan fingerprint density at radius 3 is 2.57 bits per heavy atom. The highest BCUT2D eigenvalue weighted by Crippen LogP contribution is 2.21. The second-order valence-corrected chi connectivity index (χ2v) is 8.21. The van der Waals surface area contributed by atoms with Crippen molar-refractivity contribution in [3.8, 4) is 0 Å². The molecule has 1 aromatic carbocycles. The third-order valence-electron chi connectivity index (χ3n) is 3.30. The number of benzene rings is 1. The minimum Gasteiger partial charge on any atom is -0.390 e. The largest absolute Gasteiger partial charge is 0.390 e. The molecule has 0 saturated heterocycles. The first-order chi connectivity index (χ1) is 10.4. The van der Waals surface area contributed by atoms with Gasteiger partial charge in [-0.15, -0.1) is 0 Å². The summed E-state index contributed by atoms with van der Waals surface area (Å²) < 4.78 is 22.8. The highest BCUT2D eigenvalue weighted by Gasteiger charge is 2.18. The summed E-state index contributed by atoms with van der Waals surface area (Å²) in [7, 11) is -3.99. The van der Waals surface area contributed by atoms with E-state index in [4.69, 9.17) is 16.7 Å². The van der Waals surface area contributed by atoms with Gasteiger partial charge in [-0.1, -0.05) is 11.6 Å². The summed E-state index contributed by atoms with van der Waals surface area (Å²) in [4.78, 5) is 11.9. The van der Waals surface area contributed by atoms with Crippen LogP contribution in [0.4, 0.5) is 0 Å². The van der Waals surface area contributed by atoms with E-state index in [0.29, 0.717) is 12.8 Å². The van der Waals surface area contributed by atoms with Crippen molar-refractivity contribution in [2.75, 3.05) is 0 Å². The first kappa shape index (κ1) is 19.9. The van der Waals surface area contributed by atoms with E-state index < -0.39 is 21.5 Å². The van der Waals surface area contributed by atoms with Gasteiger partial charge in [0.2, 0.25) is 10.0 Å². The molecule has 8 heteroatoms. The van der Waals surface area contributed by atoms with Gasteiger partial charge in [-0.2, -0.15) is 0 Å². The van der Waals surface area contributed by atoms with Crippen LogP contribution in [-0.2, 0) is 10.0 Å². The second-order valence-electron chi connectivity index (χ2n) is 6.27. The lowest BCUT2D eigenvalue weighted by Crippen LogP contribution is -2.33. The van der Waals surface area contributed by atoms with E-state index in [1.165, 1.54) is 12.1 Å².